The lowest BCUT2D eigenvalue weighted by molar-refractivity contribution is 0.566. The van der Waals surface area contributed by atoms with Crippen LogP contribution in [0.2, 0.25) is 5.15 Å². The lowest BCUT2D eigenvalue weighted by Crippen LogP contribution is -2.15. The van der Waals surface area contributed by atoms with Crippen molar-refractivity contribution >= 4 is 11.6 Å². The van der Waals surface area contributed by atoms with Crippen LogP contribution >= 0.6 is 11.6 Å². The number of hydrogen-bond acceptors (Lipinski definition) is 1. The number of rotatable bonds is 1. The second-order valence-corrected chi connectivity index (χ2v) is 5.78. The standard InChI is InChI=1S/C13H20ClN/c1-8(2)10-7-11(13(4,5)6)15-12(14)9(10)3/h7-8H,1-6H3. The maximum absolute atomic E-state index is 6.16. The molecule has 0 N–H and O–H groups in total. The van der Waals surface area contributed by atoms with Gasteiger partial charge in [0.25, 0.3) is 0 Å². The summed E-state index contributed by atoms with van der Waals surface area (Å²) >= 11 is 6.16. The highest BCUT2D eigenvalue weighted by Crippen LogP contribution is 2.29. The highest BCUT2D eigenvalue weighted by molar-refractivity contribution is 6.30. The monoisotopic (exact) mass is 225 g/mol. The Morgan fingerprint density at radius 1 is 1.27 bits per heavy atom. The number of halogens is 1. The van der Waals surface area contributed by atoms with Gasteiger partial charge in [-0.1, -0.05) is 46.2 Å². The second-order valence-electron chi connectivity index (χ2n) is 5.42. The van der Waals surface area contributed by atoms with Crippen LogP contribution in [0.15, 0.2) is 6.07 Å². The van der Waals surface area contributed by atoms with Crippen molar-refractivity contribution in [3.8, 4) is 0 Å². The minimum Gasteiger partial charge on any atom is -0.240 e. The molecule has 0 unspecified atom stereocenters. The van der Waals surface area contributed by atoms with Crippen LogP contribution in [0.25, 0.3) is 0 Å². The first-order chi connectivity index (χ1) is 6.73. The van der Waals surface area contributed by atoms with Crippen molar-refractivity contribution in [2.45, 2.75) is 52.9 Å². The van der Waals surface area contributed by atoms with E-state index in [0.29, 0.717) is 11.1 Å². The van der Waals surface area contributed by atoms with E-state index in [2.05, 4.69) is 45.7 Å². The van der Waals surface area contributed by atoms with Gasteiger partial charge in [-0.2, -0.15) is 0 Å². The summed E-state index contributed by atoms with van der Waals surface area (Å²) in [5.41, 5.74) is 3.54. The molecule has 2 heteroatoms. The topological polar surface area (TPSA) is 12.9 Å². The van der Waals surface area contributed by atoms with Crippen molar-refractivity contribution < 1.29 is 0 Å². The molecular formula is C13H20ClN. The lowest BCUT2D eigenvalue weighted by atomic mass is 9.88. The van der Waals surface area contributed by atoms with Crippen LogP contribution in [0.4, 0.5) is 0 Å². The second kappa shape index (κ2) is 4.13. The van der Waals surface area contributed by atoms with Gasteiger partial charge in [0.1, 0.15) is 5.15 Å². The Morgan fingerprint density at radius 2 is 1.80 bits per heavy atom. The van der Waals surface area contributed by atoms with E-state index < -0.39 is 0 Å². The maximum Gasteiger partial charge on any atom is 0.132 e. The van der Waals surface area contributed by atoms with Gasteiger partial charge in [-0.25, -0.2) is 4.98 Å². The zero-order valence-corrected chi connectivity index (χ0v) is 11.2. The third-order valence-corrected chi connectivity index (χ3v) is 3.01. The average molecular weight is 226 g/mol. The van der Waals surface area contributed by atoms with Crippen molar-refractivity contribution in [3.63, 3.8) is 0 Å². The van der Waals surface area contributed by atoms with Gasteiger partial charge >= 0.3 is 0 Å². The number of nitrogens with zero attached hydrogens (tertiary/aromatic N) is 1. The SMILES string of the molecule is Cc1c(C(C)C)cc(C(C)(C)C)nc1Cl. The maximum atomic E-state index is 6.16. The fourth-order valence-electron chi connectivity index (χ4n) is 1.58. The van der Waals surface area contributed by atoms with Crippen LogP contribution < -0.4 is 0 Å². The molecule has 1 aromatic rings. The van der Waals surface area contributed by atoms with E-state index in [0.717, 1.165) is 11.3 Å². The summed E-state index contributed by atoms with van der Waals surface area (Å²) in [5.74, 6) is 0.492. The molecule has 0 spiro atoms. The lowest BCUT2D eigenvalue weighted by Gasteiger charge is -2.21. The first-order valence-electron chi connectivity index (χ1n) is 5.41. The minimum atomic E-state index is 0.0565. The third-order valence-electron chi connectivity index (χ3n) is 2.64. The van der Waals surface area contributed by atoms with E-state index in [-0.39, 0.29) is 5.41 Å². The molecule has 0 fully saturated rings. The largest absolute Gasteiger partial charge is 0.240 e. The molecule has 0 aromatic carbocycles. The molecule has 0 aliphatic heterocycles. The number of pyridine rings is 1. The van der Waals surface area contributed by atoms with Crippen LogP contribution in [-0.2, 0) is 5.41 Å². The Bertz CT molecular complexity index is 362. The van der Waals surface area contributed by atoms with Crippen molar-refractivity contribution in [1.29, 1.82) is 0 Å². The van der Waals surface area contributed by atoms with Gasteiger partial charge in [0, 0.05) is 11.1 Å². The fourth-order valence-corrected chi connectivity index (χ4v) is 1.78. The van der Waals surface area contributed by atoms with E-state index in [1.165, 1.54) is 5.56 Å². The van der Waals surface area contributed by atoms with Crippen LogP contribution in [-0.4, -0.2) is 4.98 Å². The van der Waals surface area contributed by atoms with E-state index in [1.807, 2.05) is 6.92 Å². The molecule has 0 saturated carbocycles. The first-order valence-corrected chi connectivity index (χ1v) is 5.78. The van der Waals surface area contributed by atoms with Gasteiger partial charge < -0.3 is 0 Å². The highest BCUT2D eigenvalue weighted by atomic mass is 35.5. The van der Waals surface area contributed by atoms with Crippen molar-refractivity contribution in [2.24, 2.45) is 0 Å². The third kappa shape index (κ3) is 2.72. The molecule has 0 atom stereocenters. The molecule has 0 aliphatic rings. The van der Waals surface area contributed by atoms with E-state index >= 15 is 0 Å². The van der Waals surface area contributed by atoms with Crippen molar-refractivity contribution in [3.05, 3.63) is 28.0 Å². The summed E-state index contributed by atoms with van der Waals surface area (Å²) in [6.45, 7) is 12.9. The van der Waals surface area contributed by atoms with Crippen LogP contribution in [0, 0.1) is 6.92 Å². The van der Waals surface area contributed by atoms with E-state index in [9.17, 15) is 0 Å². The van der Waals surface area contributed by atoms with Gasteiger partial charge in [-0.05, 0) is 30.0 Å². The van der Waals surface area contributed by atoms with Crippen molar-refractivity contribution in [2.75, 3.05) is 0 Å². The van der Waals surface area contributed by atoms with Crippen LogP contribution in [0.5, 0.6) is 0 Å². The predicted octanol–water partition coefficient (Wildman–Crippen LogP) is 4.46. The molecule has 0 radical (unpaired) electrons. The quantitative estimate of drug-likeness (QED) is 0.643. The van der Waals surface area contributed by atoms with Gasteiger partial charge in [0.2, 0.25) is 0 Å². The molecule has 0 saturated heterocycles. The summed E-state index contributed by atoms with van der Waals surface area (Å²) in [6, 6.07) is 2.19. The molecule has 0 aliphatic carbocycles. The molecule has 0 amide bonds. The van der Waals surface area contributed by atoms with E-state index in [1.54, 1.807) is 0 Å². The predicted molar refractivity (Wildman–Crippen MR) is 66.8 cm³/mol. The fraction of sp³-hybridized carbons (Fsp3) is 0.615. The van der Waals surface area contributed by atoms with Crippen LogP contribution in [0.3, 0.4) is 0 Å². The Labute approximate surface area is 97.9 Å². The summed E-state index contributed by atoms with van der Waals surface area (Å²) in [6.07, 6.45) is 0. The van der Waals surface area contributed by atoms with Gasteiger partial charge in [0.05, 0.1) is 0 Å². The molecular weight excluding hydrogens is 206 g/mol. The molecule has 1 nitrogen and oxygen atoms in total. The molecule has 1 aromatic heterocycles. The zero-order valence-electron chi connectivity index (χ0n) is 10.5. The first kappa shape index (κ1) is 12.5. The highest BCUT2D eigenvalue weighted by Gasteiger charge is 2.19. The molecule has 15 heavy (non-hydrogen) atoms. The smallest absolute Gasteiger partial charge is 0.132 e. The Kier molecular flexibility index (Phi) is 3.44. The summed E-state index contributed by atoms with van der Waals surface area (Å²) < 4.78 is 0. The summed E-state index contributed by atoms with van der Waals surface area (Å²) in [5, 5.41) is 0.645. The normalized spacial score (nSPS) is 12.3. The zero-order chi connectivity index (χ0) is 11.8. The number of hydrogen-bond donors (Lipinski definition) is 0. The van der Waals surface area contributed by atoms with E-state index in [4.69, 9.17) is 11.6 Å². The Balaban J connectivity index is 3.36. The average Bonchev–Trinajstić information content (AvgIpc) is 2.06. The molecule has 1 heterocycles. The molecule has 0 bridgehead atoms. The summed E-state index contributed by atoms with van der Waals surface area (Å²) in [7, 11) is 0. The van der Waals surface area contributed by atoms with Gasteiger partial charge in [-0.3, -0.25) is 0 Å². The number of aromatic nitrogens is 1. The molecule has 84 valence electrons. The van der Waals surface area contributed by atoms with Crippen molar-refractivity contribution in [1.82, 2.24) is 4.98 Å². The van der Waals surface area contributed by atoms with Crippen LogP contribution in [0.1, 0.15) is 57.4 Å². The Morgan fingerprint density at radius 3 is 2.20 bits per heavy atom. The van der Waals surface area contributed by atoms with Gasteiger partial charge in [-0.15, -0.1) is 0 Å². The minimum absolute atomic E-state index is 0.0565. The summed E-state index contributed by atoms with van der Waals surface area (Å²) in [4.78, 5) is 4.45. The molecule has 1 rings (SSSR count). The van der Waals surface area contributed by atoms with Gasteiger partial charge in [0.15, 0.2) is 0 Å². The Hall–Kier alpha value is -0.560.